The smallest absolute Gasteiger partial charge is 0.000710 e. The van der Waals surface area contributed by atoms with E-state index in [2.05, 4.69) is 72.8 Å². The summed E-state index contributed by atoms with van der Waals surface area (Å²) in [4.78, 5) is 0. The van der Waals surface area contributed by atoms with Crippen molar-refractivity contribution in [1.82, 2.24) is 0 Å². The molecule has 8 aromatic carbocycles. The minimum atomic E-state index is 1.17. The van der Waals surface area contributed by atoms with Gasteiger partial charge in [0.1, 0.15) is 0 Å². The Morgan fingerprint density at radius 2 is 0.733 bits per heavy atom. The summed E-state index contributed by atoms with van der Waals surface area (Å²) in [7, 11) is 0. The summed E-state index contributed by atoms with van der Waals surface area (Å²) in [6.07, 6.45) is 2.34. The quantitative estimate of drug-likeness (QED) is 0.234. The second kappa shape index (κ2) is 4.42. The van der Waals surface area contributed by atoms with Crippen molar-refractivity contribution in [2.24, 2.45) is 0 Å². The first-order valence-electron chi connectivity index (χ1n) is 10.9. The summed E-state index contributed by atoms with van der Waals surface area (Å²) in [5, 5.41) is 20.4. The first-order valence-corrected chi connectivity index (χ1v) is 10.9. The Bertz CT molecular complexity index is 1850. The molecule has 8 aromatic rings. The Morgan fingerprint density at radius 1 is 0.333 bits per heavy atom. The molecule has 0 N–H and O–H groups in total. The fourth-order valence-corrected chi connectivity index (χ4v) is 6.89. The van der Waals surface area contributed by atoms with Crippen molar-refractivity contribution in [3.8, 4) is 0 Å². The molecule has 1 aliphatic rings. The van der Waals surface area contributed by atoms with E-state index in [0.717, 1.165) is 0 Å². The molecule has 0 atom stereocenters. The molecule has 0 saturated heterocycles. The van der Waals surface area contributed by atoms with Gasteiger partial charge >= 0.3 is 0 Å². The van der Waals surface area contributed by atoms with Gasteiger partial charge in [0, 0.05) is 0 Å². The van der Waals surface area contributed by atoms with Crippen molar-refractivity contribution in [1.29, 1.82) is 0 Å². The highest BCUT2D eigenvalue weighted by molar-refractivity contribution is 6.51. The van der Waals surface area contributed by atoms with Crippen LogP contribution in [0.15, 0.2) is 72.8 Å². The third-order valence-electron chi connectivity index (χ3n) is 7.95. The molecule has 0 heteroatoms. The second-order valence-electron chi connectivity index (χ2n) is 9.17. The zero-order chi connectivity index (χ0) is 19.1. The summed E-state index contributed by atoms with van der Waals surface area (Å²) < 4.78 is 0. The van der Waals surface area contributed by atoms with E-state index in [-0.39, 0.29) is 0 Å². The Morgan fingerprint density at radius 3 is 1.20 bits per heavy atom. The lowest BCUT2D eigenvalue weighted by atomic mass is 9.91. The number of rotatable bonds is 0. The molecular formula is C30H16. The molecule has 0 spiro atoms. The van der Waals surface area contributed by atoms with E-state index >= 15 is 0 Å². The minimum Gasteiger partial charge on any atom is -0.0616 e. The van der Waals surface area contributed by atoms with Gasteiger partial charge in [-0.2, -0.15) is 0 Å². The van der Waals surface area contributed by atoms with Crippen LogP contribution in [0.1, 0.15) is 11.1 Å². The molecule has 0 nitrogen and oxygen atoms in total. The van der Waals surface area contributed by atoms with Crippen LogP contribution in [0.25, 0.3) is 75.4 Å². The van der Waals surface area contributed by atoms with Gasteiger partial charge < -0.3 is 0 Å². The first-order chi connectivity index (χ1) is 14.9. The average molecular weight is 376 g/mol. The lowest BCUT2D eigenvalue weighted by Crippen LogP contribution is -1.85. The molecule has 0 fully saturated rings. The van der Waals surface area contributed by atoms with Gasteiger partial charge in [-0.3, -0.25) is 0 Å². The van der Waals surface area contributed by atoms with Crippen LogP contribution in [0.2, 0.25) is 0 Å². The SMILES string of the molecule is c1ccc2c(c1)c1cc3c4c(cc5c6ccccc6c6ccc2c2c1c4c5c62)CC3. The van der Waals surface area contributed by atoms with Gasteiger partial charge in [-0.05, 0) is 112 Å². The lowest BCUT2D eigenvalue weighted by molar-refractivity contribution is 1.03. The zero-order valence-corrected chi connectivity index (χ0v) is 16.3. The third kappa shape index (κ3) is 1.32. The fourth-order valence-electron chi connectivity index (χ4n) is 6.89. The number of fused-ring (bicyclic) bond motifs is 6. The minimum absolute atomic E-state index is 1.17. The van der Waals surface area contributed by atoms with Crippen LogP contribution >= 0.6 is 0 Å². The van der Waals surface area contributed by atoms with Crippen LogP contribution < -0.4 is 0 Å². The monoisotopic (exact) mass is 376 g/mol. The van der Waals surface area contributed by atoms with E-state index in [0.29, 0.717) is 0 Å². The van der Waals surface area contributed by atoms with Gasteiger partial charge in [-0.1, -0.05) is 60.7 Å². The van der Waals surface area contributed by atoms with Crippen LogP contribution in [-0.4, -0.2) is 0 Å². The van der Waals surface area contributed by atoms with Crippen LogP contribution in [0.5, 0.6) is 0 Å². The van der Waals surface area contributed by atoms with E-state index in [1.807, 2.05) is 0 Å². The van der Waals surface area contributed by atoms with E-state index in [9.17, 15) is 0 Å². The zero-order valence-electron chi connectivity index (χ0n) is 16.3. The highest BCUT2D eigenvalue weighted by atomic mass is 14.3. The van der Waals surface area contributed by atoms with Gasteiger partial charge in [-0.25, -0.2) is 0 Å². The molecule has 0 saturated carbocycles. The van der Waals surface area contributed by atoms with E-state index < -0.39 is 0 Å². The predicted octanol–water partition coefficient (Wildman–Crippen LogP) is 8.17. The van der Waals surface area contributed by atoms with Gasteiger partial charge in [0.15, 0.2) is 0 Å². The topological polar surface area (TPSA) is 0 Å². The molecule has 0 amide bonds. The van der Waals surface area contributed by atoms with Crippen LogP contribution in [-0.2, 0) is 12.8 Å². The summed E-state index contributed by atoms with van der Waals surface area (Å²) in [5.74, 6) is 0. The summed E-state index contributed by atoms with van der Waals surface area (Å²) in [6, 6.07) is 27.8. The second-order valence-corrected chi connectivity index (χ2v) is 9.17. The summed E-state index contributed by atoms with van der Waals surface area (Å²) >= 11 is 0. The van der Waals surface area contributed by atoms with E-state index in [1.54, 1.807) is 21.9 Å². The van der Waals surface area contributed by atoms with Crippen molar-refractivity contribution >= 4 is 75.4 Å². The van der Waals surface area contributed by atoms with Gasteiger partial charge in [0.05, 0.1) is 0 Å². The van der Waals surface area contributed by atoms with Gasteiger partial charge in [-0.15, -0.1) is 0 Å². The maximum atomic E-state index is 2.52. The first kappa shape index (κ1) is 14.4. The average Bonchev–Trinajstić information content (AvgIpc) is 3.37. The van der Waals surface area contributed by atoms with Crippen LogP contribution in [0, 0.1) is 0 Å². The molecule has 0 aliphatic heterocycles. The van der Waals surface area contributed by atoms with Crippen molar-refractivity contribution in [2.75, 3.05) is 0 Å². The highest BCUT2D eigenvalue weighted by Gasteiger charge is 2.28. The molecule has 0 radical (unpaired) electrons. The molecule has 136 valence electrons. The molecule has 0 aromatic heterocycles. The predicted molar refractivity (Wildman–Crippen MR) is 130 cm³/mol. The Labute approximate surface area is 172 Å². The third-order valence-corrected chi connectivity index (χ3v) is 7.95. The normalized spacial score (nSPS) is 14.4. The number of hydrogen-bond acceptors (Lipinski definition) is 0. The summed E-state index contributed by atoms with van der Waals surface area (Å²) in [6.45, 7) is 0. The Hall–Kier alpha value is -3.64. The molecule has 0 heterocycles. The number of benzene rings is 7. The number of hydrogen-bond donors (Lipinski definition) is 0. The molecule has 1 aliphatic carbocycles. The molecule has 0 bridgehead atoms. The van der Waals surface area contributed by atoms with E-state index in [4.69, 9.17) is 0 Å². The maximum absolute atomic E-state index is 2.52. The Balaban J connectivity index is 1.83. The van der Waals surface area contributed by atoms with Crippen LogP contribution in [0.4, 0.5) is 0 Å². The largest absolute Gasteiger partial charge is 0.0616 e. The van der Waals surface area contributed by atoms with Gasteiger partial charge in [0.2, 0.25) is 0 Å². The number of aryl methyl sites for hydroxylation is 2. The maximum Gasteiger partial charge on any atom is -0.000710 e. The van der Waals surface area contributed by atoms with E-state index in [1.165, 1.54) is 77.5 Å². The van der Waals surface area contributed by atoms with Crippen molar-refractivity contribution in [2.45, 2.75) is 12.8 Å². The van der Waals surface area contributed by atoms with Crippen LogP contribution in [0.3, 0.4) is 0 Å². The van der Waals surface area contributed by atoms with Crippen molar-refractivity contribution in [3.05, 3.63) is 83.9 Å². The molecular weight excluding hydrogens is 360 g/mol. The van der Waals surface area contributed by atoms with Crippen molar-refractivity contribution in [3.63, 3.8) is 0 Å². The standard InChI is InChI=1S/C30H16/c1-3-7-19-17(5-1)21-11-12-22-18-6-2-4-8-20(18)24-14-16-10-9-15-13-23(19)28-26(21)27(22)29(24)30(28)25(15)16/h1-8,11-14H,9-10H2. The highest BCUT2D eigenvalue weighted by Crippen LogP contribution is 2.55. The fraction of sp³-hybridized carbons (Fsp3) is 0.0667. The summed E-state index contributed by atoms with van der Waals surface area (Å²) in [5.41, 5.74) is 3.10. The molecule has 0 unspecified atom stereocenters. The Kier molecular flexibility index (Phi) is 2.11. The van der Waals surface area contributed by atoms with Crippen molar-refractivity contribution < 1.29 is 0 Å². The lowest BCUT2D eigenvalue weighted by Gasteiger charge is -2.12. The van der Waals surface area contributed by atoms with Gasteiger partial charge in [0.25, 0.3) is 0 Å². The molecule has 30 heavy (non-hydrogen) atoms. The molecule has 9 rings (SSSR count).